The zero-order valence-corrected chi connectivity index (χ0v) is 17.6. The minimum absolute atomic E-state index is 0.142. The molecule has 2 N–H and O–H groups in total. The predicted molar refractivity (Wildman–Crippen MR) is 114 cm³/mol. The molecule has 0 aromatic heterocycles. The Morgan fingerprint density at radius 2 is 1.48 bits per heavy atom. The molecule has 2 fully saturated rings. The molecule has 3 rings (SSSR count). The molecule has 0 heterocycles. The van der Waals surface area contributed by atoms with Gasteiger partial charge in [0.15, 0.2) is 0 Å². The van der Waals surface area contributed by atoms with E-state index in [2.05, 4.69) is 5.32 Å². The van der Waals surface area contributed by atoms with E-state index < -0.39 is 12.1 Å². The summed E-state index contributed by atoms with van der Waals surface area (Å²) in [6, 6.07) is 10.9. The number of rotatable bonds is 6. The van der Waals surface area contributed by atoms with Gasteiger partial charge < -0.3 is 20.1 Å². The van der Waals surface area contributed by atoms with Crippen LogP contribution >= 0.6 is 0 Å². The van der Waals surface area contributed by atoms with Gasteiger partial charge in [0.25, 0.3) is 0 Å². The summed E-state index contributed by atoms with van der Waals surface area (Å²) in [7, 11) is 1.38. The quantitative estimate of drug-likeness (QED) is 0.725. The van der Waals surface area contributed by atoms with Gasteiger partial charge in [-0.25, -0.2) is 4.79 Å². The minimum Gasteiger partial charge on any atom is -0.480 e. The number of likely N-dealkylation sites (N-methyl/N-ethyl adjacent to an activating group) is 1. The molecule has 1 amide bonds. The van der Waals surface area contributed by atoms with Crippen LogP contribution in [0.2, 0.25) is 0 Å². The van der Waals surface area contributed by atoms with Crippen molar-refractivity contribution in [3.8, 4) is 0 Å². The lowest BCUT2D eigenvalue weighted by Gasteiger charge is -2.30. The second kappa shape index (κ2) is 13.2. The Morgan fingerprint density at radius 1 is 0.966 bits per heavy atom. The average Bonchev–Trinajstić information content (AvgIpc) is 2.74. The summed E-state index contributed by atoms with van der Waals surface area (Å²) in [5.74, 6) is -1.07. The average molecular weight is 405 g/mol. The van der Waals surface area contributed by atoms with Crippen LogP contribution in [0.3, 0.4) is 0 Å². The zero-order valence-electron chi connectivity index (χ0n) is 17.6. The number of ether oxygens (including phenoxy) is 1. The number of nitrogens with one attached hydrogen (secondary N) is 1. The monoisotopic (exact) mass is 404 g/mol. The fourth-order valence-corrected chi connectivity index (χ4v) is 3.97. The highest BCUT2D eigenvalue weighted by atomic mass is 16.6. The van der Waals surface area contributed by atoms with Crippen molar-refractivity contribution in [2.75, 3.05) is 13.6 Å². The highest BCUT2D eigenvalue weighted by Gasteiger charge is 2.19. The van der Waals surface area contributed by atoms with E-state index in [1.165, 1.54) is 71.3 Å². The van der Waals surface area contributed by atoms with Crippen LogP contribution in [0.15, 0.2) is 30.3 Å². The van der Waals surface area contributed by atoms with Crippen LogP contribution < -0.4 is 5.32 Å². The van der Waals surface area contributed by atoms with Crippen LogP contribution in [0.5, 0.6) is 0 Å². The number of hydrogen-bond donors (Lipinski definition) is 2. The summed E-state index contributed by atoms with van der Waals surface area (Å²) in [5, 5.41) is 12.3. The molecule has 0 bridgehead atoms. The molecule has 0 atom stereocenters. The molecule has 1 aromatic carbocycles. The van der Waals surface area contributed by atoms with E-state index in [9.17, 15) is 9.59 Å². The van der Waals surface area contributed by atoms with Gasteiger partial charge in [-0.1, -0.05) is 68.9 Å². The molecule has 0 radical (unpaired) electrons. The summed E-state index contributed by atoms with van der Waals surface area (Å²) < 4.78 is 4.91. The number of benzene rings is 1. The Bertz CT molecular complexity index is 580. The Hall–Kier alpha value is -2.08. The lowest BCUT2D eigenvalue weighted by molar-refractivity contribution is -0.137. The smallest absolute Gasteiger partial charge is 0.410 e. The van der Waals surface area contributed by atoms with Crippen LogP contribution in [-0.2, 0) is 16.1 Å². The lowest BCUT2D eigenvalue weighted by atomic mass is 9.91. The fourth-order valence-electron chi connectivity index (χ4n) is 3.97. The van der Waals surface area contributed by atoms with Crippen molar-refractivity contribution in [2.45, 2.75) is 82.9 Å². The summed E-state index contributed by atoms with van der Waals surface area (Å²) >= 11 is 0. The standard InChI is InChI=1S/C12H23N.C11H13NO4/c1-3-7-11(8-4-1)13-12-9-5-2-6-10-12;1-12(7-10(13)14)11(15)16-8-9-5-3-2-4-6-9/h11-13H,1-10H2;2-6H,7-8H2,1H3,(H,13,14). The molecule has 1 aromatic rings. The molecule has 6 nitrogen and oxygen atoms in total. The van der Waals surface area contributed by atoms with Crippen molar-refractivity contribution >= 4 is 12.1 Å². The van der Waals surface area contributed by atoms with Gasteiger partial charge in [-0.15, -0.1) is 0 Å². The van der Waals surface area contributed by atoms with Gasteiger partial charge in [0.1, 0.15) is 13.2 Å². The number of carboxylic acid groups (broad SMARTS) is 1. The lowest BCUT2D eigenvalue weighted by Crippen LogP contribution is -2.40. The molecule has 0 spiro atoms. The van der Waals surface area contributed by atoms with Crippen molar-refractivity contribution in [2.24, 2.45) is 0 Å². The van der Waals surface area contributed by atoms with Crippen LogP contribution in [0.25, 0.3) is 0 Å². The minimum atomic E-state index is -1.07. The van der Waals surface area contributed by atoms with Crippen molar-refractivity contribution < 1.29 is 19.4 Å². The van der Waals surface area contributed by atoms with Gasteiger partial charge in [-0.2, -0.15) is 0 Å². The second-order valence-corrected chi connectivity index (χ2v) is 8.13. The predicted octanol–water partition coefficient (Wildman–Crippen LogP) is 4.58. The molecule has 6 heteroatoms. The van der Waals surface area contributed by atoms with Gasteiger partial charge in [0, 0.05) is 19.1 Å². The van der Waals surface area contributed by atoms with Gasteiger partial charge in [-0.3, -0.25) is 4.79 Å². The third kappa shape index (κ3) is 9.79. The van der Waals surface area contributed by atoms with Crippen LogP contribution in [-0.4, -0.2) is 47.7 Å². The number of carbonyl (C=O) groups excluding carboxylic acids is 1. The Balaban J connectivity index is 0.000000211. The number of carbonyl (C=O) groups is 2. The Morgan fingerprint density at radius 3 is 1.97 bits per heavy atom. The van der Waals surface area contributed by atoms with Crippen molar-refractivity contribution in [3.63, 3.8) is 0 Å². The second-order valence-electron chi connectivity index (χ2n) is 8.13. The molecule has 2 aliphatic carbocycles. The van der Waals surface area contributed by atoms with E-state index in [4.69, 9.17) is 9.84 Å². The topological polar surface area (TPSA) is 78.9 Å². The third-order valence-electron chi connectivity index (χ3n) is 5.57. The maximum Gasteiger partial charge on any atom is 0.410 e. The van der Waals surface area contributed by atoms with Gasteiger partial charge in [-0.05, 0) is 31.2 Å². The van der Waals surface area contributed by atoms with Crippen LogP contribution in [0.4, 0.5) is 4.79 Å². The molecule has 2 saturated carbocycles. The number of nitrogens with zero attached hydrogens (tertiary/aromatic N) is 1. The molecule has 0 unspecified atom stereocenters. The highest BCUT2D eigenvalue weighted by Crippen LogP contribution is 2.22. The first-order valence-corrected chi connectivity index (χ1v) is 10.9. The van der Waals surface area contributed by atoms with E-state index in [-0.39, 0.29) is 13.2 Å². The van der Waals surface area contributed by atoms with E-state index in [0.29, 0.717) is 0 Å². The molecular formula is C23H36N2O4. The molecule has 0 aliphatic heterocycles. The molecule has 0 saturated heterocycles. The van der Waals surface area contributed by atoms with E-state index in [1.54, 1.807) is 0 Å². The van der Waals surface area contributed by atoms with Crippen molar-refractivity contribution in [3.05, 3.63) is 35.9 Å². The number of hydrogen-bond acceptors (Lipinski definition) is 4. The first kappa shape index (κ1) is 23.2. The summed E-state index contributed by atoms with van der Waals surface area (Å²) in [6.07, 6.45) is 13.9. The van der Waals surface area contributed by atoms with Gasteiger partial charge in [0.2, 0.25) is 0 Å². The first-order chi connectivity index (χ1) is 14.0. The van der Waals surface area contributed by atoms with Gasteiger partial charge >= 0.3 is 12.1 Å². The van der Waals surface area contributed by atoms with E-state index in [1.807, 2.05) is 30.3 Å². The van der Waals surface area contributed by atoms with Gasteiger partial charge in [0.05, 0.1) is 0 Å². The number of amides is 1. The highest BCUT2D eigenvalue weighted by molar-refractivity contribution is 5.76. The molecular weight excluding hydrogens is 368 g/mol. The van der Waals surface area contributed by atoms with Crippen LogP contribution in [0, 0.1) is 0 Å². The number of aliphatic carboxylic acids is 1. The van der Waals surface area contributed by atoms with Crippen molar-refractivity contribution in [1.82, 2.24) is 10.2 Å². The SMILES string of the molecule is C1CCC(NC2CCCCC2)CC1.CN(CC(=O)O)C(=O)OCc1ccccc1. The normalized spacial score (nSPS) is 17.7. The van der Waals surface area contributed by atoms with E-state index in [0.717, 1.165) is 22.5 Å². The Labute approximate surface area is 174 Å². The Kier molecular flexibility index (Phi) is 10.6. The summed E-state index contributed by atoms with van der Waals surface area (Å²) in [6.45, 7) is -0.225. The molecule has 162 valence electrons. The number of carboxylic acids is 1. The van der Waals surface area contributed by atoms with Crippen LogP contribution in [0.1, 0.15) is 69.8 Å². The third-order valence-corrected chi connectivity index (χ3v) is 5.57. The molecule has 2 aliphatic rings. The molecule has 29 heavy (non-hydrogen) atoms. The van der Waals surface area contributed by atoms with E-state index >= 15 is 0 Å². The zero-order chi connectivity index (χ0) is 20.9. The maximum absolute atomic E-state index is 11.3. The summed E-state index contributed by atoms with van der Waals surface area (Å²) in [5.41, 5.74) is 0.861. The largest absolute Gasteiger partial charge is 0.480 e. The first-order valence-electron chi connectivity index (χ1n) is 10.9. The maximum atomic E-state index is 11.3. The van der Waals surface area contributed by atoms with Crippen molar-refractivity contribution in [1.29, 1.82) is 0 Å². The summed E-state index contributed by atoms with van der Waals surface area (Å²) in [4.78, 5) is 22.6. The fraction of sp³-hybridized carbons (Fsp3) is 0.652.